The summed E-state index contributed by atoms with van der Waals surface area (Å²) in [6.07, 6.45) is 9.71. The third-order valence-electron chi connectivity index (χ3n) is 3.58. The quantitative estimate of drug-likeness (QED) is 0.373. The molecule has 108 valence electrons. The number of ether oxygens (including phenoxy) is 1. The van der Waals surface area contributed by atoms with Crippen LogP contribution in [0, 0.1) is 5.92 Å². The molecule has 0 aromatic rings. The molecular formula is C14H25N3O2. The van der Waals surface area contributed by atoms with Crippen LogP contribution in [0.4, 0.5) is 0 Å². The molecule has 1 aliphatic carbocycles. The van der Waals surface area contributed by atoms with Gasteiger partial charge in [0.2, 0.25) is 0 Å². The number of hydrogen-bond donors (Lipinski definition) is 3. The van der Waals surface area contributed by atoms with Gasteiger partial charge < -0.3 is 15.3 Å². The van der Waals surface area contributed by atoms with Gasteiger partial charge in [0.1, 0.15) is 5.84 Å². The highest BCUT2D eigenvalue weighted by molar-refractivity contribution is 5.83. The number of amidine groups is 1. The predicted molar refractivity (Wildman–Crippen MR) is 75.5 cm³/mol. The van der Waals surface area contributed by atoms with Crippen molar-refractivity contribution in [3.8, 4) is 0 Å². The third-order valence-corrected chi connectivity index (χ3v) is 3.58. The van der Waals surface area contributed by atoms with E-state index in [2.05, 4.69) is 34.9 Å². The summed E-state index contributed by atoms with van der Waals surface area (Å²) in [6.45, 7) is 2.67. The Morgan fingerprint density at radius 1 is 1.53 bits per heavy atom. The van der Waals surface area contributed by atoms with Gasteiger partial charge in [-0.1, -0.05) is 25.5 Å². The van der Waals surface area contributed by atoms with Crippen LogP contribution in [0.3, 0.4) is 0 Å². The molecule has 3 unspecified atom stereocenters. The van der Waals surface area contributed by atoms with Crippen LogP contribution < -0.4 is 10.9 Å². The lowest BCUT2D eigenvalue weighted by atomic mass is 9.91. The highest BCUT2D eigenvalue weighted by atomic mass is 16.6. The van der Waals surface area contributed by atoms with Crippen LogP contribution in [0.25, 0.3) is 0 Å². The summed E-state index contributed by atoms with van der Waals surface area (Å²) in [5, 5.41) is 9.86. The molecule has 0 aromatic heterocycles. The van der Waals surface area contributed by atoms with Crippen molar-refractivity contribution in [2.24, 2.45) is 10.9 Å². The van der Waals surface area contributed by atoms with E-state index >= 15 is 0 Å². The van der Waals surface area contributed by atoms with Gasteiger partial charge in [0, 0.05) is 13.0 Å². The number of nitrogens with one attached hydrogen (secondary N) is 2. The number of nitrogens with zero attached hydrogens (tertiary/aromatic N) is 1. The van der Waals surface area contributed by atoms with E-state index in [1.807, 2.05) is 0 Å². The summed E-state index contributed by atoms with van der Waals surface area (Å²) < 4.78 is 5.34. The molecular weight excluding hydrogens is 242 g/mol. The Bertz CT molecular complexity index is 331. The summed E-state index contributed by atoms with van der Waals surface area (Å²) in [7, 11) is 0. The van der Waals surface area contributed by atoms with E-state index in [0.29, 0.717) is 12.5 Å². The number of hydrazine groups is 1. The van der Waals surface area contributed by atoms with E-state index in [9.17, 15) is 5.11 Å². The number of aliphatic imine (C=N–C) groups is 1. The summed E-state index contributed by atoms with van der Waals surface area (Å²) >= 11 is 0. The Morgan fingerprint density at radius 2 is 2.42 bits per heavy atom. The lowest BCUT2D eigenvalue weighted by Crippen LogP contribution is -2.42. The molecule has 0 radical (unpaired) electrons. The summed E-state index contributed by atoms with van der Waals surface area (Å²) in [4.78, 5) is 4.46. The van der Waals surface area contributed by atoms with Gasteiger partial charge in [0.15, 0.2) is 12.5 Å². The van der Waals surface area contributed by atoms with Gasteiger partial charge in [-0.3, -0.25) is 0 Å². The van der Waals surface area contributed by atoms with Crippen LogP contribution in [-0.2, 0) is 4.74 Å². The molecule has 0 spiro atoms. The topological polar surface area (TPSA) is 65.9 Å². The van der Waals surface area contributed by atoms with Crippen molar-refractivity contribution < 1.29 is 9.84 Å². The molecule has 19 heavy (non-hydrogen) atoms. The van der Waals surface area contributed by atoms with E-state index in [1.165, 1.54) is 6.42 Å². The first-order valence-electron chi connectivity index (χ1n) is 7.32. The number of aliphatic hydroxyl groups is 1. The van der Waals surface area contributed by atoms with E-state index in [-0.39, 0.29) is 6.17 Å². The smallest absolute Gasteiger partial charge is 0.192 e. The highest BCUT2D eigenvalue weighted by Crippen LogP contribution is 2.22. The predicted octanol–water partition coefficient (Wildman–Crippen LogP) is 1.70. The Morgan fingerprint density at radius 3 is 3.16 bits per heavy atom. The standard InChI is InChI=1S/C14H25N3O2/c1-2-3-9-19-14(18)13-15-12(16-17-13)10-11-7-5-4-6-8-11/h4-5,11,13-14,17-18H,2-3,6-10H2,1H3,(H,15,16). The van der Waals surface area contributed by atoms with Gasteiger partial charge in [0.05, 0.1) is 0 Å². The largest absolute Gasteiger partial charge is 0.365 e. The molecule has 0 saturated heterocycles. The van der Waals surface area contributed by atoms with Crippen molar-refractivity contribution in [2.45, 2.75) is 57.9 Å². The average Bonchev–Trinajstić information content (AvgIpc) is 2.89. The number of aliphatic hydroxyl groups excluding tert-OH is 1. The second-order valence-corrected chi connectivity index (χ2v) is 5.26. The minimum Gasteiger partial charge on any atom is -0.365 e. The molecule has 3 N–H and O–H groups in total. The molecule has 2 aliphatic rings. The van der Waals surface area contributed by atoms with Crippen LogP contribution in [-0.4, -0.2) is 30.0 Å². The molecule has 0 saturated carbocycles. The molecule has 3 atom stereocenters. The summed E-state index contributed by atoms with van der Waals surface area (Å²) in [5.74, 6) is 1.60. The van der Waals surface area contributed by atoms with Crippen molar-refractivity contribution in [3.63, 3.8) is 0 Å². The van der Waals surface area contributed by atoms with Crippen molar-refractivity contribution in [1.82, 2.24) is 10.9 Å². The van der Waals surface area contributed by atoms with Crippen molar-refractivity contribution in [3.05, 3.63) is 12.2 Å². The molecule has 1 heterocycles. The van der Waals surface area contributed by atoms with Crippen LogP contribution >= 0.6 is 0 Å². The molecule has 0 bridgehead atoms. The second-order valence-electron chi connectivity index (χ2n) is 5.26. The zero-order valence-corrected chi connectivity index (χ0v) is 11.6. The second kappa shape index (κ2) is 7.62. The van der Waals surface area contributed by atoms with Gasteiger partial charge in [-0.05, 0) is 31.6 Å². The van der Waals surface area contributed by atoms with Gasteiger partial charge in [0.25, 0.3) is 0 Å². The SMILES string of the molecule is CCCCOC(O)C1N=C(CC2CC=CCC2)NN1. The van der Waals surface area contributed by atoms with Crippen LogP contribution in [0.5, 0.6) is 0 Å². The van der Waals surface area contributed by atoms with Crippen molar-refractivity contribution in [2.75, 3.05) is 6.61 Å². The monoisotopic (exact) mass is 267 g/mol. The zero-order chi connectivity index (χ0) is 13.5. The van der Waals surface area contributed by atoms with E-state index in [0.717, 1.165) is 37.9 Å². The maximum Gasteiger partial charge on any atom is 0.192 e. The lowest BCUT2D eigenvalue weighted by molar-refractivity contribution is -0.118. The fourth-order valence-corrected chi connectivity index (χ4v) is 2.38. The summed E-state index contributed by atoms with van der Waals surface area (Å²) in [6, 6.07) is 0. The van der Waals surface area contributed by atoms with Crippen molar-refractivity contribution >= 4 is 5.84 Å². The van der Waals surface area contributed by atoms with Gasteiger partial charge in [-0.2, -0.15) is 0 Å². The Hall–Kier alpha value is -0.910. The molecule has 5 nitrogen and oxygen atoms in total. The summed E-state index contributed by atoms with van der Waals surface area (Å²) in [5.41, 5.74) is 6.04. The van der Waals surface area contributed by atoms with Crippen LogP contribution in [0.1, 0.15) is 45.4 Å². The molecule has 5 heteroatoms. The number of rotatable bonds is 7. The Labute approximate surface area is 115 Å². The van der Waals surface area contributed by atoms with E-state index < -0.39 is 6.29 Å². The van der Waals surface area contributed by atoms with Crippen LogP contribution in [0.2, 0.25) is 0 Å². The molecule has 2 rings (SSSR count). The van der Waals surface area contributed by atoms with Gasteiger partial charge in [-0.15, -0.1) is 0 Å². The first-order chi connectivity index (χ1) is 9.29. The van der Waals surface area contributed by atoms with Gasteiger partial charge in [-0.25, -0.2) is 10.4 Å². The van der Waals surface area contributed by atoms with Crippen molar-refractivity contribution in [1.29, 1.82) is 0 Å². The van der Waals surface area contributed by atoms with Gasteiger partial charge >= 0.3 is 0 Å². The Kier molecular flexibility index (Phi) is 5.82. The first-order valence-corrected chi connectivity index (χ1v) is 7.32. The average molecular weight is 267 g/mol. The molecule has 0 fully saturated rings. The molecule has 1 aliphatic heterocycles. The third kappa shape index (κ3) is 4.60. The molecule has 0 aromatic carbocycles. The fraction of sp³-hybridized carbons (Fsp3) is 0.786. The molecule has 0 amide bonds. The maximum atomic E-state index is 9.86. The number of allylic oxidation sites excluding steroid dienone is 2. The first kappa shape index (κ1) is 14.5. The lowest BCUT2D eigenvalue weighted by Gasteiger charge is -2.16. The van der Waals surface area contributed by atoms with E-state index in [4.69, 9.17) is 4.74 Å². The van der Waals surface area contributed by atoms with E-state index in [1.54, 1.807) is 0 Å². The zero-order valence-electron chi connectivity index (χ0n) is 11.6. The fourth-order valence-electron chi connectivity index (χ4n) is 2.38. The number of hydrogen-bond acceptors (Lipinski definition) is 5. The minimum absolute atomic E-state index is 0.383. The van der Waals surface area contributed by atoms with Crippen LogP contribution in [0.15, 0.2) is 17.1 Å². The number of unbranched alkanes of at least 4 members (excludes halogenated alkanes) is 1. The normalized spacial score (nSPS) is 28.0. The maximum absolute atomic E-state index is 9.86. The Balaban J connectivity index is 1.74. The highest BCUT2D eigenvalue weighted by Gasteiger charge is 2.25. The minimum atomic E-state index is -0.872.